The van der Waals surface area contributed by atoms with Crippen molar-refractivity contribution in [3.63, 3.8) is 0 Å². The van der Waals surface area contributed by atoms with Crippen LogP contribution in [0.3, 0.4) is 0 Å². The van der Waals surface area contributed by atoms with Gasteiger partial charge in [0.25, 0.3) is 0 Å². The van der Waals surface area contributed by atoms with Gasteiger partial charge in [-0.3, -0.25) is 0 Å². The fourth-order valence-electron chi connectivity index (χ4n) is 2.10. The Morgan fingerprint density at radius 3 is 1.91 bits per heavy atom. The van der Waals surface area contributed by atoms with Crippen molar-refractivity contribution in [2.75, 3.05) is 0 Å². The number of ether oxygens (including phenoxy) is 1. The summed E-state index contributed by atoms with van der Waals surface area (Å²) in [6, 6.07) is 14.4. The summed E-state index contributed by atoms with van der Waals surface area (Å²) in [6.07, 6.45) is 2.62. The third kappa shape index (κ3) is 4.42. The minimum Gasteiger partial charge on any atom is -0.508 e. The van der Waals surface area contributed by atoms with Crippen LogP contribution in [0.5, 0.6) is 11.5 Å². The van der Waals surface area contributed by atoms with Crippen molar-refractivity contribution >= 4 is 0 Å². The van der Waals surface area contributed by atoms with E-state index in [9.17, 15) is 10.2 Å². The van der Waals surface area contributed by atoms with Crippen molar-refractivity contribution in [2.24, 2.45) is 0 Å². The van der Waals surface area contributed by atoms with Gasteiger partial charge in [0, 0.05) is 11.0 Å². The molecule has 2 rings (SSSR count). The highest BCUT2D eigenvalue weighted by Gasteiger charge is 2.25. The molecule has 2 aromatic carbocycles. The number of aromatic hydroxyl groups is 2. The third-order valence-corrected chi connectivity index (χ3v) is 3.36. The molecule has 0 aliphatic heterocycles. The van der Waals surface area contributed by atoms with E-state index in [1.54, 1.807) is 18.2 Å². The topological polar surface area (TPSA) is 49.7 Å². The van der Waals surface area contributed by atoms with E-state index >= 15 is 0 Å². The van der Waals surface area contributed by atoms with Crippen LogP contribution >= 0.6 is 0 Å². The van der Waals surface area contributed by atoms with Gasteiger partial charge in [-0.25, -0.2) is 0 Å². The first-order valence-corrected chi connectivity index (χ1v) is 6.88. The molecule has 0 fully saturated rings. The summed E-state index contributed by atoms with van der Waals surface area (Å²) in [5.41, 5.74) is 1.64. The average Bonchev–Trinajstić information content (AvgIpc) is 2.49. The van der Waals surface area contributed by atoms with Crippen molar-refractivity contribution in [3.05, 3.63) is 85.3 Å². The van der Waals surface area contributed by atoms with Gasteiger partial charge in [-0.2, -0.15) is 0 Å². The smallest absolute Gasteiger partial charge is 0.119 e. The van der Waals surface area contributed by atoms with Gasteiger partial charge >= 0.3 is 0 Å². The van der Waals surface area contributed by atoms with Crippen LogP contribution in [0.1, 0.15) is 25.0 Å². The number of para-hydroxylation sites is 1. The van der Waals surface area contributed by atoms with E-state index < -0.39 is 0 Å². The van der Waals surface area contributed by atoms with Gasteiger partial charge in [-0.15, -0.1) is 0 Å². The quantitative estimate of drug-likeness (QED) is 0.803. The van der Waals surface area contributed by atoms with E-state index in [2.05, 4.69) is 31.7 Å². The zero-order valence-corrected chi connectivity index (χ0v) is 13.0. The van der Waals surface area contributed by atoms with E-state index in [-0.39, 0.29) is 11.2 Å². The van der Waals surface area contributed by atoms with Crippen molar-refractivity contribution in [2.45, 2.75) is 19.3 Å². The highest BCUT2D eigenvalue weighted by Crippen LogP contribution is 2.36. The first kappa shape index (κ1) is 17.4. The number of benzene rings is 2. The molecule has 22 heavy (non-hydrogen) atoms. The Morgan fingerprint density at radius 2 is 1.45 bits per heavy atom. The first-order chi connectivity index (χ1) is 10.4. The lowest BCUT2D eigenvalue weighted by Crippen LogP contribution is -2.18. The predicted molar refractivity (Wildman–Crippen MR) is 89.8 cm³/mol. The van der Waals surface area contributed by atoms with Crippen LogP contribution < -0.4 is 0 Å². The highest BCUT2D eigenvalue weighted by atomic mass is 16.5. The van der Waals surface area contributed by atoms with E-state index in [1.165, 1.54) is 12.5 Å². The van der Waals surface area contributed by atoms with Gasteiger partial charge in [0.15, 0.2) is 0 Å². The molecule has 3 nitrogen and oxygen atoms in total. The number of hydrogen-bond donors (Lipinski definition) is 2. The normalized spacial score (nSPS) is 10.1. The van der Waals surface area contributed by atoms with Crippen LogP contribution in [0.15, 0.2) is 74.2 Å². The lowest BCUT2D eigenvalue weighted by Gasteiger charge is -2.26. The number of hydrogen-bond acceptors (Lipinski definition) is 3. The van der Waals surface area contributed by atoms with Crippen molar-refractivity contribution in [3.8, 4) is 11.5 Å². The summed E-state index contributed by atoms with van der Waals surface area (Å²) in [6.45, 7) is 10.6. The Hall–Kier alpha value is -2.68. The maximum atomic E-state index is 9.91. The Kier molecular flexibility index (Phi) is 6.26. The monoisotopic (exact) mass is 298 g/mol. The summed E-state index contributed by atoms with van der Waals surface area (Å²) in [4.78, 5) is 0. The maximum absolute atomic E-state index is 9.91. The van der Waals surface area contributed by atoms with Gasteiger partial charge < -0.3 is 14.9 Å². The Morgan fingerprint density at radius 1 is 0.909 bits per heavy atom. The van der Waals surface area contributed by atoms with Crippen molar-refractivity contribution in [1.29, 1.82) is 0 Å². The number of phenols is 2. The van der Waals surface area contributed by atoms with Crippen LogP contribution in [0, 0.1) is 0 Å². The van der Waals surface area contributed by atoms with Crippen molar-refractivity contribution < 1.29 is 14.9 Å². The third-order valence-electron chi connectivity index (χ3n) is 3.36. The molecule has 0 spiro atoms. The molecule has 0 atom stereocenters. The van der Waals surface area contributed by atoms with E-state index in [4.69, 9.17) is 0 Å². The summed E-state index contributed by atoms with van der Waals surface area (Å²) in [5, 5.41) is 19.2. The fraction of sp³-hybridized carbons (Fsp3) is 0.158. The Labute approximate surface area is 131 Å². The lowest BCUT2D eigenvalue weighted by atomic mass is 9.78. The molecule has 0 radical (unpaired) electrons. The van der Waals surface area contributed by atoms with Crippen LogP contribution in [0.2, 0.25) is 0 Å². The predicted octanol–water partition coefficient (Wildman–Crippen LogP) is 4.71. The van der Waals surface area contributed by atoms with Crippen LogP contribution in [-0.4, -0.2) is 10.2 Å². The summed E-state index contributed by atoms with van der Waals surface area (Å²) in [5.74, 6) is 0.549. The van der Waals surface area contributed by atoms with E-state index in [1.807, 2.05) is 30.3 Å². The molecule has 0 aromatic heterocycles. The maximum Gasteiger partial charge on any atom is 0.119 e. The second-order valence-electron chi connectivity index (χ2n) is 5.16. The molecule has 0 heterocycles. The average molecular weight is 298 g/mol. The summed E-state index contributed by atoms with van der Waals surface area (Å²) in [7, 11) is 0. The Bertz CT molecular complexity index is 607. The molecule has 2 N–H and O–H groups in total. The molecule has 0 unspecified atom stereocenters. The lowest BCUT2D eigenvalue weighted by molar-refractivity contribution is 0.406. The van der Waals surface area contributed by atoms with Crippen LogP contribution in [-0.2, 0) is 10.2 Å². The number of rotatable bonds is 4. The molecule has 0 amide bonds. The molecule has 0 bridgehead atoms. The second-order valence-corrected chi connectivity index (χ2v) is 5.16. The van der Waals surface area contributed by atoms with Gasteiger partial charge in [-0.1, -0.05) is 57.3 Å². The zero-order chi connectivity index (χ0) is 16.6. The van der Waals surface area contributed by atoms with Gasteiger partial charge in [0.1, 0.15) is 11.5 Å². The molecule has 2 aromatic rings. The molecule has 0 saturated carbocycles. The van der Waals surface area contributed by atoms with E-state index in [0.717, 1.165) is 11.1 Å². The van der Waals surface area contributed by atoms with Crippen LogP contribution in [0.4, 0.5) is 0 Å². The van der Waals surface area contributed by atoms with Crippen LogP contribution in [0.25, 0.3) is 0 Å². The standard InChI is InChI=1S/C15H16O2.C4H6O/c1-15(2,11-7-9-12(16)10-8-11)13-5-3-4-6-14(13)17;1-3-5-4-2/h3-10,16-17H,1-2H3;3-4H,1-2H2. The van der Waals surface area contributed by atoms with Gasteiger partial charge in [-0.05, 0) is 23.8 Å². The minimum absolute atomic E-state index is 0.252. The minimum atomic E-state index is -0.293. The fourth-order valence-corrected chi connectivity index (χ4v) is 2.10. The van der Waals surface area contributed by atoms with Crippen molar-refractivity contribution in [1.82, 2.24) is 0 Å². The molecule has 0 saturated heterocycles. The number of phenolic OH excluding ortho intramolecular Hbond substituents is 2. The second kappa shape index (κ2) is 7.93. The van der Waals surface area contributed by atoms with Gasteiger partial charge in [0.2, 0.25) is 0 Å². The van der Waals surface area contributed by atoms with Gasteiger partial charge in [0.05, 0.1) is 12.5 Å². The zero-order valence-electron chi connectivity index (χ0n) is 13.0. The molecular formula is C19H22O3. The first-order valence-electron chi connectivity index (χ1n) is 6.88. The molecule has 3 heteroatoms. The molecule has 0 aliphatic carbocycles. The Balaban J connectivity index is 0.000000422. The molecular weight excluding hydrogens is 276 g/mol. The SMILES string of the molecule is C=COC=C.CC(C)(c1ccc(O)cc1)c1ccccc1O. The molecule has 116 valence electrons. The molecule has 0 aliphatic rings. The van der Waals surface area contributed by atoms with E-state index in [0.29, 0.717) is 5.75 Å². The summed E-state index contributed by atoms with van der Waals surface area (Å²) >= 11 is 0. The highest BCUT2D eigenvalue weighted by molar-refractivity contribution is 5.45. The summed E-state index contributed by atoms with van der Waals surface area (Å²) < 4.78 is 4.36. The largest absolute Gasteiger partial charge is 0.508 e.